The number of nitrogens with one attached hydrogen (secondary N) is 1. The Hall–Kier alpha value is -1.30. The first-order valence-corrected chi connectivity index (χ1v) is 7.34. The third-order valence-electron chi connectivity index (χ3n) is 2.85. The molecule has 0 spiro atoms. The molecule has 0 unspecified atom stereocenters. The highest BCUT2D eigenvalue weighted by Crippen LogP contribution is 2.21. The van der Waals surface area contributed by atoms with E-state index >= 15 is 0 Å². The monoisotopic (exact) mass is 304 g/mol. The maximum atomic E-state index is 12.1. The summed E-state index contributed by atoms with van der Waals surface area (Å²) in [5, 5.41) is 3.22. The van der Waals surface area contributed by atoms with Gasteiger partial charge in [-0.05, 0) is 31.0 Å². The molecular formula is C15H23F3N2O. The fourth-order valence-electron chi connectivity index (χ4n) is 1.90. The van der Waals surface area contributed by atoms with Gasteiger partial charge in [-0.15, -0.1) is 0 Å². The predicted octanol–water partition coefficient (Wildman–Crippen LogP) is 3.86. The predicted molar refractivity (Wildman–Crippen MR) is 76.4 cm³/mol. The van der Waals surface area contributed by atoms with Gasteiger partial charge in [-0.25, -0.2) is 4.98 Å². The normalized spacial score (nSPS) is 11.7. The van der Waals surface area contributed by atoms with Gasteiger partial charge < -0.3 is 10.1 Å². The van der Waals surface area contributed by atoms with Crippen LogP contribution in [0.2, 0.25) is 0 Å². The summed E-state index contributed by atoms with van der Waals surface area (Å²) in [7, 11) is 0. The van der Waals surface area contributed by atoms with Crippen LogP contribution in [0.1, 0.15) is 44.4 Å². The maximum Gasteiger partial charge on any atom is 0.389 e. The molecule has 1 rings (SSSR count). The first-order valence-electron chi connectivity index (χ1n) is 7.34. The van der Waals surface area contributed by atoms with Crippen molar-refractivity contribution in [3.05, 3.63) is 23.4 Å². The van der Waals surface area contributed by atoms with E-state index in [2.05, 4.69) is 17.2 Å². The Morgan fingerprint density at radius 2 is 2.00 bits per heavy atom. The number of halogens is 3. The van der Waals surface area contributed by atoms with Gasteiger partial charge in [0, 0.05) is 24.7 Å². The van der Waals surface area contributed by atoms with Crippen LogP contribution in [0, 0.1) is 0 Å². The van der Waals surface area contributed by atoms with E-state index in [9.17, 15) is 13.2 Å². The molecule has 0 amide bonds. The molecule has 120 valence electrons. The zero-order valence-electron chi connectivity index (χ0n) is 12.6. The molecule has 1 N–H and O–H groups in total. The van der Waals surface area contributed by atoms with Crippen LogP contribution in [0.4, 0.5) is 13.2 Å². The van der Waals surface area contributed by atoms with Crippen molar-refractivity contribution in [1.82, 2.24) is 10.3 Å². The summed E-state index contributed by atoms with van der Waals surface area (Å²) in [5.74, 6) is 0.413. The van der Waals surface area contributed by atoms with Gasteiger partial charge in [-0.1, -0.05) is 20.3 Å². The van der Waals surface area contributed by atoms with Gasteiger partial charge in [-0.2, -0.15) is 13.2 Å². The van der Waals surface area contributed by atoms with Gasteiger partial charge >= 0.3 is 6.18 Å². The molecule has 21 heavy (non-hydrogen) atoms. The van der Waals surface area contributed by atoms with Gasteiger partial charge in [0.1, 0.15) is 0 Å². The fraction of sp³-hybridized carbons (Fsp3) is 0.667. The second kappa shape index (κ2) is 8.87. The number of pyridine rings is 1. The lowest BCUT2D eigenvalue weighted by Crippen LogP contribution is -2.13. The van der Waals surface area contributed by atoms with E-state index in [1.165, 1.54) is 0 Å². The van der Waals surface area contributed by atoms with Crippen molar-refractivity contribution in [1.29, 1.82) is 0 Å². The van der Waals surface area contributed by atoms with Gasteiger partial charge in [0.25, 0.3) is 0 Å². The van der Waals surface area contributed by atoms with Gasteiger partial charge in [0.15, 0.2) is 0 Å². The van der Waals surface area contributed by atoms with Crippen LogP contribution >= 0.6 is 0 Å². The lowest BCUT2D eigenvalue weighted by Gasteiger charge is -2.11. The molecule has 1 heterocycles. The Kier molecular flexibility index (Phi) is 7.50. The SMILES string of the molecule is CCCc1cc(CNCC)cc(OCCCC(F)(F)F)n1. The summed E-state index contributed by atoms with van der Waals surface area (Å²) in [6.45, 7) is 5.66. The molecule has 0 aliphatic carbocycles. The van der Waals surface area contributed by atoms with E-state index in [1.54, 1.807) is 6.07 Å². The van der Waals surface area contributed by atoms with E-state index in [0.717, 1.165) is 30.6 Å². The average molecular weight is 304 g/mol. The molecule has 0 saturated carbocycles. The largest absolute Gasteiger partial charge is 0.478 e. The van der Waals surface area contributed by atoms with E-state index in [-0.39, 0.29) is 13.0 Å². The lowest BCUT2D eigenvalue weighted by molar-refractivity contribution is -0.136. The molecule has 6 heteroatoms. The molecule has 0 fully saturated rings. The van der Waals surface area contributed by atoms with E-state index < -0.39 is 12.6 Å². The van der Waals surface area contributed by atoms with E-state index in [0.29, 0.717) is 12.4 Å². The molecular weight excluding hydrogens is 281 g/mol. The molecule has 1 aromatic heterocycles. The molecule has 0 aliphatic heterocycles. The van der Waals surface area contributed by atoms with Gasteiger partial charge in [-0.3, -0.25) is 0 Å². The first-order chi connectivity index (χ1) is 9.94. The highest BCUT2D eigenvalue weighted by molar-refractivity contribution is 5.25. The molecule has 0 aliphatic rings. The van der Waals surface area contributed by atoms with Crippen molar-refractivity contribution in [3.63, 3.8) is 0 Å². The van der Waals surface area contributed by atoms with E-state index in [4.69, 9.17) is 4.74 Å². The maximum absolute atomic E-state index is 12.1. The minimum Gasteiger partial charge on any atom is -0.478 e. The summed E-state index contributed by atoms with van der Waals surface area (Å²) < 4.78 is 41.6. The Morgan fingerprint density at radius 1 is 1.24 bits per heavy atom. The number of ether oxygens (including phenoxy) is 1. The van der Waals surface area contributed by atoms with Crippen LogP contribution in [0.3, 0.4) is 0 Å². The topological polar surface area (TPSA) is 34.1 Å². The minimum atomic E-state index is -4.13. The number of hydrogen-bond acceptors (Lipinski definition) is 3. The van der Waals surface area contributed by atoms with Crippen LogP contribution < -0.4 is 10.1 Å². The Morgan fingerprint density at radius 3 is 2.62 bits per heavy atom. The number of rotatable bonds is 9. The van der Waals surface area contributed by atoms with Crippen LogP contribution in [0.5, 0.6) is 5.88 Å². The quantitative estimate of drug-likeness (QED) is 0.703. The number of nitrogens with zero attached hydrogens (tertiary/aromatic N) is 1. The molecule has 1 aromatic rings. The van der Waals surface area contributed by atoms with Crippen molar-refractivity contribution in [2.75, 3.05) is 13.2 Å². The zero-order valence-corrected chi connectivity index (χ0v) is 12.6. The van der Waals surface area contributed by atoms with Crippen molar-refractivity contribution in [3.8, 4) is 5.88 Å². The number of alkyl halides is 3. The number of aromatic nitrogens is 1. The third kappa shape index (κ3) is 7.90. The molecule has 0 saturated heterocycles. The Bertz CT molecular complexity index is 422. The third-order valence-corrected chi connectivity index (χ3v) is 2.85. The highest BCUT2D eigenvalue weighted by atomic mass is 19.4. The van der Waals surface area contributed by atoms with Crippen molar-refractivity contribution in [2.45, 2.75) is 52.3 Å². The molecule has 0 radical (unpaired) electrons. The van der Waals surface area contributed by atoms with Crippen LogP contribution in [-0.4, -0.2) is 24.3 Å². The second-order valence-electron chi connectivity index (χ2n) is 4.90. The highest BCUT2D eigenvalue weighted by Gasteiger charge is 2.26. The Labute approximate surface area is 123 Å². The van der Waals surface area contributed by atoms with Crippen molar-refractivity contribution < 1.29 is 17.9 Å². The first kappa shape index (κ1) is 17.8. The minimum absolute atomic E-state index is 0.0305. The smallest absolute Gasteiger partial charge is 0.389 e. The zero-order chi connectivity index (χ0) is 15.7. The fourth-order valence-corrected chi connectivity index (χ4v) is 1.90. The summed E-state index contributed by atoms with van der Waals surface area (Å²) in [5.41, 5.74) is 1.96. The Balaban J connectivity index is 2.60. The number of hydrogen-bond donors (Lipinski definition) is 1. The molecule has 0 bridgehead atoms. The van der Waals surface area contributed by atoms with Crippen LogP contribution in [0.15, 0.2) is 12.1 Å². The summed E-state index contributed by atoms with van der Waals surface area (Å²) in [4.78, 5) is 4.33. The summed E-state index contributed by atoms with van der Waals surface area (Å²) >= 11 is 0. The second-order valence-corrected chi connectivity index (χ2v) is 4.90. The van der Waals surface area contributed by atoms with E-state index in [1.807, 2.05) is 13.0 Å². The lowest BCUT2D eigenvalue weighted by atomic mass is 10.1. The molecule has 3 nitrogen and oxygen atoms in total. The van der Waals surface area contributed by atoms with Gasteiger partial charge in [0.05, 0.1) is 6.61 Å². The summed E-state index contributed by atoms with van der Waals surface area (Å²) in [6.07, 6.45) is -3.21. The molecule has 0 atom stereocenters. The standard InChI is InChI=1S/C15H23F3N2O/c1-3-6-13-9-12(11-19-4-2)10-14(20-13)21-8-5-7-15(16,17)18/h9-10,19H,3-8,11H2,1-2H3. The summed E-state index contributed by atoms with van der Waals surface area (Å²) in [6, 6.07) is 3.80. The number of aryl methyl sites for hydroxylation is 1. The van der Waals surface area contributed by atoms with Crippen LogP contribution in [0.25, 0.3) is 0 Å². The van der Waals surface area contributed by atoms with Crippen LogP contribution in [-0.2, 0) is 13.0 Å². The van der Waals surface area contributed by atoms with Crippen molar-refractivity contribution >= 4 is 0 Å². The van der Waals surface area contributed by atoms with Crippen molar-refractivity contribution in [2.24, 2.45) is 0 Å². The molecule has 0 aromatic carbocycles. The van der Waals surface area contributed by atoms with Gasteiger partial charge in [0.2, 0.25) is 5.88 Å². The average Bonchev–Trinajstić information content (AvgIpc) is 2.41.